The topological polar surface area (TPSA) is 37.3 Å². The van der Waals surface area contributed by atoms with Gasteiger partial charge in [-0.2, -0.15) is 0 Å². The molecular formula is C12H10O2. The van der Waals surface area contributed by atoms with Gasteiger partial charge in [-0.25, -0.2) is 0 Å². The number of hydrogen-bond donors (Lipinski definition) is 1. The van der Waals surface area contributed by atoms with Gasteiger partial charge in [0.15, 0.2) is 0 Å². The molecule has 0 fully saturated rings. The van der Waals surface area contributed by atoms with Crippen molar-refractivity contribution in [1.29, 1.82) is 0 Å². The summed E-state index contributed by atoms with van der Waals surface area (Å²) in [4.78, 5) is 10.5. The summed E-state index contributed by atoms with van der Waals surface area (Å²) in [6.07, 6.45) is 0.0806. The third-order valence-electron chi connectivity index (χ3n) is 2.19. The summed E-state index contributed by atoms with van der Waals surface area (Å²) in [6.45, 7) is 0. The molecule has 0 aliphatic heterocycles. The predicted octanol–water partition coefficient (Wildman–Crippen LogP) is 2.42. The zero-order valence-corrected chi connectivity index (χ0v) is 7.60. The lowest BCUT2D eigenvalue weighted by Crippen LogP contribution is -1.98. The maximum absolute atomic E-state index is 10.5. The molecule has 14 heavy (non-hydrogen) atoms. The number of carbonyl (C=O) groups is 1. The molecule has 0 aromatic rings. The second-order valence-electron chi connectivity index (χ2n) is 3.25. The summed E-state index contributed by atoms with van der Waals surface area (Å²) in [5.74, 6) is -0.795. The van der Waals surface area contributed by atoms with Crippen molar-refractivity contribution in [3.63, 3.8) is 0 Å². The van der Waals surface area contributed by atoms with Crippen molar-refractivity contribution in [3.8, 4) is 11.1 Å². The molecule has 0 atom stereocenters. The van der Waals surface area contributed by atoms with Crippen LogP contribution in [0.3, 0.4) is 0 Å². The summed E-state index contributed by atoms with van der Waals surface area (Å²) in [5, 5.41) is 8.64. The zero-order chi connectivity index (χ0) is 9.97. The average molecular weight is 186 g/mol. The fraction of sp³-hybridized carbons (Fsp3) is 0.0833. The molecule has 0 aromatic carbocycles. The van der Waals surface area contributed by atoms with Gasteiger partial charge in [-0.3, -0.25) is 4.79 Å². The predicted molar refractivity (Wildman–Crippen MR) is 54.4 cm³/mol. The van der Waals surface area contributed by atoms with Gasteiger partial charge >= 0.3 is 5.97 Å². The van der Waals surface area contributed by atoms with Crippen molar-refractivity contribution in [2.24, 2.45) is 0 Å². The Hall–Kier alpha value is -1.83. The lowest BCUT2D eigenvalue weighted by Gasteiger charge is -1.89. The minimum absolute atomic E-state index is 0.0806. The van der Waals surface area contributed by atoms with Gasteiger partial charge in [-0.15, -0.1) is 0 Å². The molecule has 2 heteroatoms. The third kappa shape index (κ3) is 1.74. The van der Waals surface area contributed by atoms with Crippen molar-refractivity contribution in [1.82, 2.24) is 0 Å². The quantitative estimate of drug-likeness (QED) is 0.782. The smallest absolute Gasteiger partial charge is 0.307 e. The van der Waals surface area contributed by atoms with E-state index in [-0.39, 0.29) is 6.42 Å². The number of carboxylic acids is 1. The van der Waals surface area contributed by atoms with Gasteiger partial charge in [0.25, 0.3) is 0 Å². The number of fused-ring (bicyclic) bond motifs is 1. The van der Waals surface area contributed by atoms with Crippen molar-refractivity contribution in [2.75, 3.05) is 0 Å². The molecule has 0 radical (unpaired) electrons. The summed E-state index contributed by atoms with van der Waals surface area (Å²) in [7, 11) is 0. The molecule has 1 N–H and O–H groups in total. The van der Waals surface area contributed by atoms with E-state index in [4.69, 9.17) is 5.11 Å². The van der Waals surface area contributed by atoms with Crippen LogP contribution in [0.4, 0.5) is 0 Å². The first kappa shape index (κ1) is 8.75. The van der Waals surface area contributed by atoms with Crippen molar-refractivity contribution < 1.29 is 9.90 Å². The van der Waals surface area contributed by atoms with Gasteiger partial charge in [0.1, 0.15) is 0 Å². The number of carboxylic acid groups (broad SMARTS) is 1. The van der Waals surface area contributed by atoms with Crippen molar-refractivity contribution in [3.05, 3.63) is 48.0 Å². The molecular weight excluding hydrogens is 176 g/mol. The fourth-order valence-electron chi connectivity index (χ4n) is 1.49. The Kier molecular flexibility index (Phi) is 2.19. The van der Waals surface area contributed by atoms with E-state index in [1.165, 1.54) is 0 Å². The molecule has 0 bridgehead atoms. The minimum Gasteiger partial charge on any atom is -0.481 e. The summed E-state index contributed by atoms with van der Waals surface area (Å²) >= 11 is 0. The van der Waals surface area contributed by atoms with E-state index < -0.39 is 5.97 Å². The van der Waals surface area contributed by atoms with Gasteiger partial charge in [-0.1, -0.05) is 42.5 Å². The monoisotopic (exact) mass is 186 g/mol. The highest BCUT2D eigenvalue weighted by Crippen LogP contribution is 2.21. The molecule has 0 unspecified atom stereocenters. The SMILES string of the molecule is O=C(O)Cc1ccc2cccc-2cc1. The Labute approximate surface area is 82.2 Å². The first-order chi connectivity index (χ1) is 6.75. The molecule has 2 rings (SSSR count). The van der Waals surface area contributed by atoms with Crippen LogP contribution in [-0.4, -0.2) is 11.1 Å². The third-order valence-corrected chi connectivity index (χ3v) is 2.19. The van der Waals surface area contributed by atoms with Gasteiger partial charge in [0.2, 0.25) is 0 Å². The molecule has 0 aromatic heterocycles. The van der Waals surface area contributed by atoms with Crippen LogP contribution in [0.2, 0.25) is 0 Å². The second-order valence-corrected chi connectivity index (χ2v) is 3.25. The highest BCUT2D eigenvalue weighted by atomic mass is 16.4. The van der Waals surface area contributed by atoms with Crippen LogP contribution in [0.5, 0.6) is 0 Å². The average Bonchev–Trinajstić information content (AvgIpc) is 2.50. The molecule has 0 saturated heterocycles. The Balaban J connectivity index is 2.40. The van der Waals surface area contributed by atoms with Crippen molar-refractivity contribution in [2.45, 2.75) is 6.42 Å². The van der Waals surface area contributed by atoms with E-state index in [1.807, 2.05) is 42.5 Å². The standard InChI is InChI=1S/C12H10O2/c13-12(14)8-9-4-6-10-2-1-3-11(10)7-5-9/h1-7H,8H2,(H,13,14). The molecule has 0 amide bonds. The minimum atomic E-state index is -0.795. The van der Waals surface area contributed by atoms with Gasteiger partial charge in [-0.05, 0) is 16.7 Å². The highest BCUT2D eigenvalue weighted by molar-refractivity contribution is 5.71. The summed E-state index contributed by atoms with van der Waals surface area (Å²) < 4.78 is 0. The molecule has 2 aliphatic rings. The summed E-state index contributed by atoms with van der Waals surface area (Å²) in [6, 6.07) is 13.6. The van der Waals surface area contributed by atoms with E-state index >= 15 is 0 Å². The van der Waals surface area contributed by atoms with Crippen LogP contribution < -0.4 is 0 Å². The molecule has 2 aliphatic carbocycles. The first-order valence-corrected chi connectivity index (χ1v) is 4.45. The van der Waals surface area contributed by atoms with Crippen LogP contribution >= 0.6 is 0 Å². The van der Waals surface area contributed by atoms with Crippen molar-refractivity contribution >= 4 is 5.97 Å². The molecule has 0 heterocycles. The normalized spacial score (nSPS) is 10.3. The van der Waals surface area contributed by atoms with E-state index in [9.17, 15) is 4.79 Å². The second kappa shape index (κ2) is 3.50. The largest absolute Gasteiger partial charge is 0.481 e. The van der Waals surface area contributed by atoms with E-state index in [0.717, 1.165) is 16.7 Å². The van der Waals surface area contributed by atoms with Crippen LogP contribution in [0, 0.1) is 0 Å². The Morgan fingerprint density at radius 1 is 1.00 bits per heavy atom. The first-order valence-electron chi connectivity index (χ1n) is 4.45. The van der Waals surface area contributed by atoms with Crippen LogP contribution in [-0.2, 0) is 11.2 Å². The lowest BCUT2D eigenvalue weighted by atomic mass is 10.2. The van der Waals surface area contributed by atoms with Crippen LogP contribution in [0.1, 0.15) is 5.56 Å². The summed E-state index contributed by atoms with van der Waals surface area (Å²) in [5.41, 5.74) is 3.11. The van der Waals surface area contributed by atoms with E-state index in [1.54, 1.807) is 0 Å². The molecule has 70 valence electrons. The fourth-order valence-corrected chi connectivity index (χ4v) is 1.49. The Morgan fingerprint density at radius 3 is 2.07 bits per heavy atom. The van der Waals surface area contributed by atoms with Gasteiger partial charge < -0.3 is 5.11 Å². The number of rotatable bonds is 2. The maximum atomic E-state index is 10.5. The Bertz CT molecular complexity index is 404. The zero-order valence-electron chi connectivity index (χ0n) is 7.60. The number of aliphatic carboxylic acids is 1. The molecule has 0 saturated carbocycles. The molecule has 0 spiro atoms. The molecule has 2 nitrogen and oxygen atoms in total. The van der Waals surface area contributed by atoms with Crippen LogP contribution in [0.25, 0.3) is 11.1 Å². The lowest BCUT2D eigenvalue weighted by molar-refractivity contribution is -0.136. The van der Waals surface area contributed by atoms with Gasteiger partial charge in [0.05, 0.1) is 6.42 Å². The maximum Gasteiger partial charge on any atom is 0.307 e. The Morgan fingerprint density at radius 2 is 1.57 bits per heavy atom. The highest BCUT2D eigenvalue weighted by Gasteiger charge is 2.01. The van der Waals surface area contributed by atoms with E-state index in [2.05, 4.69) is 0 Å². The van der Waals surface area contributed by atoms with E-state index in [0.29, 0.717) is 0 Å². The van der Waals surface area contributed by atoms with Crippen LogP contribution in [0.15, 0.2) is 42.5 Å². The number of hydrogen-bond acceptors (Lipinski definition) is 1. The van der Waals surface area contributed by atoms with Gasteiger partial charge in [0, 0.05) is 0 Å².